The van der Waals surface area contributed by atoms with Crippen LogP contribution in [-0.2, 0) is 21.0 Å². The number of anilines is 2. The van der Waals surface area contributed by atoms with Gasteiger partial charge in [0.25, 0.3) is 0 Å². The smallest absolute Gasteiger partial charge is 0.323 e. The second kappa shape index (κ2) is 8.18. The molecule has 0 aliphatic rings. The molecule has 28 heavy (non-hydrogen) atoms. The predicted octanol–water partition coefficient (Wildman–Crippen LogP) is 4.73. The third-order valence-corrected chi connectivity index (χ3v) is 5.63. The monoisotopic (exact) mass is 454 g/mol. The molecule has 11 heteroatoms. The van der Waals surface area contributed by atoms with E-state index in [1.807, 2.05) is 0 Å². The highest BCUT2D eigenvalue weighted by Gasteiger charge is 2.31. The number of nitrogens with one attached hydrogen (secondary N) is 1. The van der Waals surface area contributed by atoms with Crippen molar-refractivity contribution in [3.8, 4) is 0 Å². The van der Waals surface area contributed by atoms with Gasteiger partial charge in [-0.15, -0.1) is 0 Å². The molecule has 1 N–H and O–H groups in total. The zero-order chi connectivity index (χ0) is 21.3. The van der Waals surface area contributed by atoms with Crippen LogP contribution in [0.4, 0.5) is 24.5 Å². The lowest BCUT2D eigenvalue weighted by atomic mass is 10.2. The molecule has 0 fully saturated rings. The molecule has 0 atom stereocenters. The van der Waals surface area contributed by atoms with Gasteiger partial charge in [0.1, 0.15) is 6.54 Å². The lowest BCUT2D eigenvalue weighted by Gasteiger charge is -2.24. The Kier molecular flexibility index (Phi) is 6.52. The summed E-state index contributed by atoms with van der Waals surface area (Å²) >= 11 is 11.9. The second-order valence-corrected chi connectivity index (χ2v) is 8.62. The lowest BCUT2D eigenvalue weighted by molar-refractivity contribution is -0.137. The van der Waals surface area contributed by atoms with Crippen LogP contribution in [0.2, 0.25) is 10.0 Å². The maximum atomic E-state index is 12.9. The maximum Gasteiger partial charge on any atom is 0.416 e. The van der Waals surface area contributed by atoms with Crippen molar-refractivity contribution in [2.45, 2.75) is 13.1 Å². The van der Waals surface area contributed by atoms with Crippen molar-refractivity contribution in [2.24, 2.45) is 0 Å². The van der Waals surface area contributed by atoms with E-state index < -0.39 is 34.2 Å². The van der Waals surface area contributed by atoms with E-state index in [0.29, 0.717) is 16.7 Å². The van der Waals surface area contributed by atoms with Crippen LogP contribution in [0.5, 0.6) is 0 Å². The number of halogens is 5. The summed E-state index contributed by atoms with van der Waals surface area (Å²) in [5.41, 5.74) is -0.671. The van der Waals surface area contributed by atoms with E-state index in [1.165, 1.54) is 12.1 Å². The molecule has 0 radical (unpaired) electrons. The zero-order valence-electron chi connectivity index (χ0n) is 14.6. The molecule has 0 bridgehead atoms. The number of carbonyl (C=O) groups excluding carboxylic acids is 1. The lowest BCUT2D eigenvalue weighted by Crippen LogP contribution is -2.38. The van der Waals surface area contributed by atoms with Gasteiger partial charge in [0.2, 0.25) is 15.9 Å². The Morgan fingerprint density at radius 3 is 2.36 bits per heavy atom. The summed E-state index contributed by atoms with van der Waals surface area (Å²) in [6.45, 7) is 0.907. The largest absolute Gasteiger partial charge is 0.416 e. The number of hydrogen-bond donors (Lipinski definition) is 1. The molecule has 1 amide bonds. The topological polar surface area (TPSA) is 66.5 Å². The molecule has 2 rings (SSSR count). The Balaban J connectivity index is 2.32. The quantitative estimate of drug-likeness (QED) is 0.710. The van der Waals surface area contributed by atoms with E-state index in [-0.39, 0.29) is 16.4 Å². The molecular weight excluding hydrogens is 440 g/mol. The van der Waals surface area contributed by atoms with Gasteiger partial charge < -0.3 is 5.32 Å². The van der Waals surface area contributed by atoms with Crippen LogP contribution in [0.15, 0.2) is 36.4 Å². The summed E-state index contributed by atoms with van der Waals surface area (Å²) in [4.78, 5) is 12.4. The standard InChI is InChI=1S/C17H15Cl2F3N2O3S/c1-10-12(18)4-3-5-15(10)24(28(2,26)27)9-16(25)23-14-8-11(17(20,21)22)6-7-13(14)19/h3-8H,9H2,1-2H3,(H,23,25). The molecule has 0 unspecified atom stereocenters. The highest BCUT2D eigenvalue weighted by Crippen LogP contribution is 2.34. The van der Waals surface area contributed by atoms with E-state index in [1.54, 1.807) is 13.0 Å². The summed E-state index contributed by atoms with van der Waals surface area (Å²) in [5.74, 6) is -0.869. The second-order valence-electron chi connectivity index (χ2n) is 5.89. The molecule has 152 valence electrons. The van der Waals surface area contributed by atoms with Crippen LogP contribution < -0.4 is 9.62 Å². The summed E-state index contributed by atoms with van der Waals surface area (Å²) in [6, 6.07) is 6.99. The van der Waals surface area contributed by atoms with Gasteiger partial charge in [-0.1, -0.05) is 29.3 Å². The first-order valence-corrected chi connectivity index (χ1v) is 10.3. The first kappa shape index (κ1) is 22.3. The Labute approximate surface area is 170 Å². The molecule has 2 aromatic rings. The van der Waals surface area contributed by atoms with Crippen LogP contribution in [0, 0.1) is 6.92 Å². The van der Waals surface area contributed by atoms with Crippen LogP contribution in [0.1, 0.15) is 11.1 Å². The molecule has 5 nitrogen and oxygen atoms in total. The van der Waals surface area contributed by atoms with E-state index in [0.717, 1.165) is 22.7 Å². The molecule has 0 aliphatic heterocycles. The van der Waals surface area contributed by atoms with E-state index in [2.05, 4.69) is 5.32 Å². The van der Waals surface area contributed by atoms with Crippen molar-refractivity contribution in [3.05, 3.63) is 57.6 Å². The van der Waals surface area contributed by atoms with Crippen molar-refractivity contribution < 1.29 is 26.4 Å². The Bertz CT molecular complexity index is 1010. The Morgan fingerprint density at radius 2 is 1.79 bits per heavy atom. The van der Waals surface area contributed by atoms with Gasteiger partial charge in [-0.05, 0) is 42.8 Å². The van der Waals surface area contributed by atoms with Gasteiger partial charge in [0.15, 0.2) is 0 Å². The average molecular weight is 455 g/mol. The first-order valence-electron chi connectivity index (χ1n) is 7.70. The van der Waals surface area contributed by atoms with Crippen molar-refractivity contribution in [1.29, 1.82) is 0 Å². The van der Waals surface area contributed by atoms with Gasteiger partial charge in [-0.2, -0.15) is 13.2 Å². The molecule has 0 saturated carbocycles. The van der Waals surface area contributed by atoms with Gasteiger partial charge in [0.05, 0.1) is 28.2 Å². The van der Waals surface area contributed by atoms with Crippen LogP contribution in [-0.4, -0.2) is 27.1 Å². The van der Waals surface area contributed by atoms with Crippen LogP contribution >= 0.6 is 23.2 Å². The summed E-state index contributed by atoms with van der Waals surface area (Å²) in [6.07, 6.45) is -3.72. The SMILES string of the molecule is Cc1c(Cl)cccc1N(CC(=O)Nc1cc(C(F)(F)F)ccc1Cl)S(C)(=O)=O. The average Bonchev–Trinajstić information content (AvgIpc) is 2.55. The summed E-state index contributed by atoms with van der Waals surface area (Å²) < 4.78 is 63.7. The molecular formula is C17H15Cl2F3N2O3S. The Morgan fingerprint density at radius 1 is 1.14 bits per heavy atom. The maximum absolute atomic E-state index is 12.9. The van der Waals surface area contributed by atoms with Gasteiger partial charge >= 0.3 is 6.18 Å². The number of nitrogens with zero attached hydrogens (tertiary/aromatic N) is 1. The fourth-order valence-electron chi connectivity index (χ4n) is 2.36. The highest BCUT2D eigenvalue weighted by atomic mass is 35.5. The van der Waals surface area contributed by atoms with Crippen molar-refractivity contribution in [1.82, 2.24) is 0 Å². The van der Waals surface area contributed by atoms with E-state index >= 15 is 0 Å². The molecule has 0 saturated heterocycles. The number of amides is 1. The predicted molar refractivity (Wildman–Crippen MR) is 103 cm³/mol. The number of carbonyl (C=O) groups is 1. The van der Waals surface area contributed by atoms with Gasteiger partial charge in [0, 0.05) is 5.02 Å². The number of hydrogen-bond acceptors (Lipinski definition) is 3. The molecule has 0 aromatic heterocycles. The van der Waals surface area contributed by atoms with Crippen molar-refractivity contribution in [3.63, 3.8) is 0 Å². The van der Waals surface area contributed by atoms with Crippen LogP contribution in [0.3, 0.4) is 0 Å². The fourth-order valence-corrected chi connectivity index (χ4v) is 3.61. The highest BCUT2D eigenvalue weighted by molar-refractivity contribution is 7.92. The molecule has 0 spiro atoms. The normalized spacial score (nSPS) is 12.0. The van der Waals surface area contributed by atoms with E-state index in [4.69, 9.17) is 23.2 Å². The third kappa shape index (κ3) is 5.30. The first-order chi connectivity index (χ1) is 12.8. The summed E-state index contributed by atoms with van der Waals surface area (Å²) in [5, 5.41) is 2.40. The summed E-state index contributed by atoms with van der Waals surface area (Å²) in [7, 11) is -3.89. The Hall–Kier alpha value is -1.97. The number of benzene rings is 2. The fraction of sp³-hybridized carbons (Fsp3) is 0.235. The van der Waals surface area contributed by atoms with E-state index in [9.17, 15) is 26.4 Å². The minimum absolute atomic E-state index is 0.119. The number of alkyl halides is 3. The molecule has 2 aromatic carbocycles. The van der Waals surface area contributed by atoms with Gasteiger partial charge in [-0.3, -0.25) is 9.10 Å². The minimum Gasteiger partial charge on any atom is -0.323 e. The molecule has 0 heterocycles. The minimum atomic E-state index is -4.62. The third-order valence-electron chi connectivity index (χ3n) is 3.76. The number of sulfonamides is 1. The van der Waals surface area contributed by atoms with Crippen molar-refractivity contribution in [2.75, 3.05) is 22.4 Å². The number of rotatable bonds is 5. The van der Waals surface area contributed by atoms with Crippen LogP contribution in [0.25, 0.3) is 0 Å². The van der Waals surface area contributed by atoms with Crippen molar-refractivity contribution >= 4 is 50.5 Å². The molecule has 0 aliphatic carbocycles. The zero-order valence-corrected chi connectivity index (χ0v) is 17.0. The van der Waals surface area contributed by atoms with Gasteiger partial charge in [-0.25, -0.2) is 8.42 Å².